The molecule has 2 heterocycles. The number of nitrogens with zero attached hydrogens (tertiary/aromatic N) is 1. The molecule has 5 nitrogen and oxygen atoms in total. The molecule has 0 bridgehead atoms. The first kappa shape index (κ1) is 15.5. The minimum atomic E-state index is -0.369. The lowest BCUT2D eigenvalue weighted by Crippen LogP contribution is -2.55. The van der Waals surface area contributed by atoms with E-state index in [1.54, 1.807) is 0 Å². The number of ether oxygens (including phenoxy) is 2. The number of carbonyl (C=O) groups excluding carboxylic acids is 1. The average molecular weight is 304 g/mol. The highest BCUT2D eigenvalue weighted by molar-refractivity contribution is 5.81. The normalized spacial score (nSPS) is 29.4. The number of morpholine rings is 2. The fourth-order valence-electron chi connectivity index (χ4n) is 3.11. The van der Waals surface area contributed by atoms with Gasteiger partial charge in [-0.1, -0.05) is 24.3 Å². The van der Waals surface area contributed by atoms with E-state index in [-0.39, 0.29) is 24.2 Å². The van der Waals surface area contributed by atoms with E-state index in [1.807, 2.05) is 24.0 Å². The van der Waals surface area contributed by atoms with Crippen LogP contribution in [-0.2, 0) is 14.3 Å². The van der Waals surface area contributed by atoms with Crippen LogP contribution in [0.25, 0.3) is 0 Å². The van der Waals surface area contributed by atoms with E-state index < -0.39 is 0 Å². The van der Waals surface area contributed by atoms with Gasteiger partial charge in [0.15, 0.2) is 0 Å². The molecular weight excluding hydrogens is 280 g/mol. The Bertz CT molecular complexity index is 528. The van der Waals surface area contributed by atoms with Crippen molar-refractivity contribution in [2.75, 3.05) is 32.8 Å². The van der Waals surface area contributed by atoms with E-state index in [0.717, 1.165) is 12.1 Å². The van der Waals surface area contributed by atoms with E-state index in [0.29, 0.717) is 26.3 Å². The Kier molecular flexibility index (Phi) is 4.76. The molecule has 3 rings (SSSR count). The zero-order valence-electron chi connectivity index (χ0n) is 13.2. The summed E-state index contributed by atoms with van der Waals surface area (Å²) in [6.07, 6.45) is -0.426. The van der Waals surface area contributed by atoms with Crippen molar-refractivity contribution in [2.24, 2.45) is 0 Å². The van der Waals surface area contributed by atoms with Gasteiger partial charge in [0.05, 0.1) is 25.8 Å². The molecule has 2 saturated heterocycles. The second-order valence-electron chi connectivity index (χ2n) is 6.08. The van der Waals surface area contributed by atoms with Crippen LogP contribution in [0, 0.1) is 6.92 Å². The van der Waals surface area contributed by atoms with E-state index in [9.17, 15) is 4.79 Å². The molecule has 0 saturated carbocycles. The Morgan fingerprint density at radius 3 is 2.86 bits per heavy atom. The summed E-state index contributed by atoms with van der Waals surface area (Å²) >= 11 is 0. The van der Waals surface area contributed by atoms with Crippen LogP contribution in [-0.4, -0.2) is 55.8 Å². The largest absolute Gasteiger partial charge is 0.370 e. The van der Waals surface area contributed by atoms with Crippen LogP contribution in [0.5, 0.6) is 0 Å². The third-order valence-corrected chi connectivity index (χ3v) is 4.45. The standard InChI is InChI=1S/C17H24N2O3/c1-12-5-3-4-6-14(12)16-10-19(13(2)11-22-16)17(20)15-9-18-7-8-21-15/h3-6,13,15-16,18H,7-11H2,1-2H3/t13-,15-,16-/m0/s1. The van der Waals surface area contributed by atoms with Crippen LogP contribution < -0.4 is 5.32 Å². The Balaban J connectivity index is 1.73. The predicted molar refractivity (Wildman–Crippen MR) is 83.7 cm³/mol. The minimum Gasteiger partial charge on any atom is -0.370 e. The summed E-state index contributed by atoms with van der Waals surface area (Å²) < 4.78 is 11.6. The quantitative estimate of drug-likeness (QED) is 0.894. The van der Waals surface area contributed by atoms with E-state index in [2.05, 4.69) is 24.4 Å². The number of benzene rings is 1. The SMILES string of the molecule is Cc1ccccc1[C@@H]1CN(C(=O)[C@@H]2CNCCO2)[C@@H](C)CO1. The van der Waals surface area contributed by atoms with Crippen LogP contribution in [0.4, 0.5) is 0 Å². The Hall–Kier alpha value is -1.43. The van der Waals surface area contributed by atoms with Crippen molar-refractivity contribution >= 4 is 5.91 Å². The van der Waals surface area contributed by atoms with Crippen LogP contribution >= 0.6 is 0 Å². The van der Waals surface area contributed by atoms with E-state index in [4.69, 9.17) is 9.47 Å². The van der Waals surface area contributed by atoms with Crippen molar-refractivity contribution < 1.29 is 14.3 Å². The van der Waals surface area contributed by atoms with Crippen molar-refractivity contribution in [3.63, 3.8) is 0 Å². The lowest BCUT2D eigenvalue weighted by Gasteiger charge is -2.40. The van der Waals surface area contributed by atoms with Gasteiger partial charge in [-0.25, -0.2) is 0 Å². The number of amides is 1. The van der Waals surface area contributed by atoms with Crippen LogP contribution in [0.1, 0.15) is 24.2 Å². The highest BCUT2D eigenvalue weighted by Gasteiger charge is 2.35. The van der Waals surface area contributed by atoms with Crippen molar-refractivity contribution in [1.82, 2.24) is 10.2 Å². The molecule has 0 aliphatic carbocycles. The van der Waals surface area contributed by atoms with Crippen LogP contribution in [0.2, 0.25) is 0 Å². The molecular formula is C17H24N2O3. The second-order valence-corrected chi connectivity index (χ2v) is 6.08. The summed E-state index contributed by atoms with van der Waals surface area (Å²) in [5, 5.41) is 3.22. The number of rotatable bonds is 2. The first-order chi connectivity index (χ1) is 10.7. The number of hydrogen-bond acceptors (Lipinski definition) is 4. The van der Waals surface area contributed by atoms with Gasteiger partial charge in [-0.15, -0.1) is 0 Å². The monoisotopic (exact) mass is 304 g/mol. The van der Waals surface area contributed by atoms with Gasteiger partial charge in [0.1, 0.15) is 12.2 Å². The van der Waals surface area contributed by atoms with Gasteiger partial charge in [0, 0.05) is 13.1 Å². The highest BCUT2D eigenvalue weighted by atomic mass is 16.5. The molecule has 1 aromatic rings. The van der Waals surface area contributed by atoms with Gasteiger partial charge in [0.25, 0.3) is 5.91 Å². The lowest BCUT2D eigenvalue weighted by molar-refractivity contribution is -0.158. The molecule has 1 aromatic carbocycles. The first-order valence-corrected chi connectivity index (χ1v) is 7.96. The molecule has 2 aliphatic heterocycles. The number of nitrogens with one attached hydrogen (secondary N) is 1. The fourth-order valence-corrected chi connectivity index (χ4v) is 3.11. The molecule has 22 heavy (non-hydrogen) atoms. The maximum Gasteiger partial charge on any atom is 0.253 e. The minimum absolute atomic E-state index is 0.0575. The third-order valence-electron chi connectivity index (χ3n) is 4.45. The lowest BCUT2D eigenvalue weighted by atomic mass is 10.0. The average Bonchev–Trinajstić information content (AvgIpc) is 2.56. The second kappa shape index (κ2) is 6.77. The predicted octanol–water partition coefficient (Wildman–Crippen LogP) is 1.27. The number of hydrogen-bond donors (Lipinski definition) is 1. The van der Waals surface area contributed by atoms with Crippen LogP contribution in [0.3, 0.4) is 0 Å². The Labute approximate surface area is 131 Å². The molecule has 1 amide bonds. The summed E-state index contributed by atoms with van der Waals surface area (Å²) in [6.45, 7) is 7.26. The zero-order chi connectivity index (χ0) is 15.5. The molecule has 120 valence electrons. The molecule has 0 aromatic heterocycles. The van der Waals surface area contributed by atoms with Gasteiger partial charge in [-0.3, -0.25) is 4.79 Å². The Morgan fingerprint density at radius 1 is 1.32 bits per heavy atom. The van der Waals surface area contributed by atoms with Crippen molar-refractivity contribution in [2.45, 2.75) is 32.1 Å². The van der Waals surface area contributed by atoms with Gasteiger partial charge < -0.3 is 19.7 Å². The molecule has 0 radical (unpaired) electrons. The molecule has 5 heteroatoms. The molecule has 2 aliphatic rings. The third kappa shape index (κ3) is 3.16. The smallest absolute Gasteiger partial charge is 0.253 e. The highest BCUT2D eigenvalue weighted by Crippen LogP contribution is 2.27. The van der Waals surface area contributed by atoms with Crippen molar-refractivity contribution in [3.05, 3.63) is 35.4 Å². The topological polar surface area (TPSA) is 50.8 Å². The van der Waals surface area contributed by atoms with Crippen molar-refractivity contribution in [1.29, 1.82) is 0 Å². The maximum atomic E-state index is 12.7. The summed E-state index contributed by atoms with van der Waals surface area (Å²) in [5.74, 6) is 0.0709. The van der Waals surface area contributed by atoms with Gasteiger partial charge in [0.2, 0.25) is 0 Å². The molecule has 1 N–H and O–H groups in total. The number of aryl methyl sites for hydroxylation is 1. The van der Waals surface area contributed by atoms with Gasteiger partial charge in [-0.05, 0) is 25.0 Å². The van der Waals surface area contributed by atoms with E-state index in [1.165, 1.54) is 5.56 Å². The zero-order valence-corrected chi connectivity index (χ0v) is 13.2. The van der Waals surface area contributed by atoms with Crippen molar-refractivity contribution in [3.8, 4) is 0 Å². The summed E-state index contributed by atoms with van der Waals surface area (Å²) in [7, 11) is 0. The summed E-state index contributed by atoms with van der Waals surface area (Å²) in [5.41, 5.74) is 2.36. The summed E-state index contributed by atoms with van der Waals surface area (Å²) in [4.78, 5) is 14.6. The van der Waals surface area contributed by atoms with Crippen LogP contribution in [0.15, 0.2) is 24.3 Å². The molecule has 0 unspecified atom stereocenters. The molecule has 0 spiro atoms. The fraction of sp³-hybridized carbons (Fsp3) is 0.588. The number of carbonyl (C=O) groups is 1. The van der Waals surface area contributed by atoms with Gasteiger partial charge >= 0.3 is 0 Å². The maximum absolute atomic E-state index is 12.7. The van der Waals surface area contributed by atoms with E-state index >= 15 is 0 Å². The summed E-state index contributed by atoms with van der Waals surface area (Å²) in [6, 6.07) is 8.28. The first-order valence-electron chi connectivity index (χ1n) is 7.96. The Morgan fingerprint density at radius 2 is 2.14 bits per heavy atom. The molecule has 3 atom stereocenters. The van der Waals surface area contributed by atoms with Gasteiger partial charge in [-0.2, -0.15) is 0 Å². The molecule has 2 fully saturated rings.